The molecule has 17 heavy (non-hydrogen) atoms. The average molecular weight is 238 g/mol. The van der Waals surface area contributed by atoms with E-state index in [0.29, 0.717) is 11.4 Å². The first-order valence-corrected chi connectivity index (χ1v) is 4.77. The normalized spacial score (nSPS) is 10.5. The van der Waals surface area contributed by atoms with E-state index in [1.54, 1.807) is 0 Å². The number of carboxylic acids is 1. The summed E-state index contributed by atoms with van der Waals surface area (Å²) in [5.41, 5.74) is 0.325. The van der Waals surface area contributed by atoms with Gasteiger partial charge in [-0.15, -0.1) is 0 Å². The van der Waals surface area contributed by atoms with Crippen LogP contribution in [-0.4, -0.2) is 21.0 Å². The van der Waals surface area contributed by atoms with Crippen LogP contribution in [0, 0.1) is 11.6 Å². The highest BCUT2D eigenvalue weighted by Gasteiger charge is 2.08. The van der Waals surface area contributed by atoms with Gasteiger partial charge in [0.25, 0.3) is 0 Å². The molecule has 2 rings (SSSR count). The van der Waals surface area contributed by atoms with Crippen molar-refractivity contribution in [2.75, 3.05) is 0 Å². The summed E-state index contributed by atoms with van der Waals surface area (Å²) in [4.78, 5) is 16.9. The van der Waals surface area contributed by atoms with Crippen molar-refractivity contribution in [3.8, 4) is 0 Å². The molecule has 1 heterocycles. The number of aromatic nitrogens is 2. The molecule has 0 fully saturated rings. The molecule has 88 valence electrons. The number of carbonyl (C=O) groups is 1. The van der Waals surface area contributed by atoms with Crippen molar-refractivity contribution in [3.05, 3.63) is 53.1 Å². The highest BCUT2D eigenvalue weighted by molar-refractivity contribution is 5.85. The molecule has 4 nitrogen and oxygen atoms in total. The number of hydrogen-bond donors (Lipinski definition) is 2. The maximum Gasteiger partial charge on any atom is 0.353 e. The Labute approximate surface area is 94.9 Å². The molecule has 1 aromatic heterocycles. The molecule has 0 unspecified atom stereocenters. The lowest BCUT2D eigenvalue weighted by Crippen LogP contribution is -1.97. The molecule has 1 aromatic carbocycles. The zero-order valence-corrected chi connectivity index (χ0v) is 8.58. The lowest BCUT2D eigenvalue weighted by molar-refractivity contribution is 0.0691. The second-order valence-corrected chi connectivity index (χ2v) is 3.50. The van der Waals surface area contributed by atoms with Crippen molar-refractivity contribution >= 4 is 5.97 Å². The minimum Gasteiger partial charge on any atom is -0.477 e. The molecular weight excluding hydrogens is 230 g/mol. The van der Waals surface area contributed by atoms with Gasteiger partial charge < -0.3 is 10.1 Å². The number of rotatable bonds is 3. The summed E-state index contributed by atoms with van der Waals surface area (Å²) in [6.45, 7) is 0. The van der Waals surface area contributed by atoms with Crippen LogP contribution in [0.25, 0.3) is 0 Å². The van der Waals surface area contributed by atoms with Gasteiger partial charge in [-0.05, 0) is 17.7 Å². The first-order chi connectivity index (χ1) is 8.04. The van der Waals surface area contributed by atoms with Crippen molar-refractivity contribution in [2.24, 2.45) is 0 Å². The molecule has 0 radical (unpaired) electrons. The minimum absolute atomic E-state index is 0.0584. The zero-order chi connectivity index (χ0) is 12.4. The molecule has 0 atom stereocenters. The Balaban J connectivity index is 2.22. The second kappa shape index (κ2) is 4.32. The number of nitrogens with one attached hydrogen (secondary N) is 1. The van der Waals surface area contributed by atoms with Gasteiger partial charge in [-0.1, -0.05) is 0 Å². The summed E-state index contributed by atoms with van der Waals surface area (Å²) < 4.78 is 25.8. The summed E-state index contributed by atoms with van der Waals surface area (Å²) in [7, 11) is 0. The molecule has 0 saturated carbocycles. The lowest BCUT2D eigenvalue weighted by Gasteiger charge is -1.99. The summed E-state index contributed by atoms with van der Waals surface area (Å²) in [6, 6.07) is 3.12. The number of halogens is 2. The van der Waals surface area contributed by atoms with Gasteiger partial charge in [0.2, 0.25) is 0 Å². The standard InChI is InChI=1S/C11H8F2N2O2/c12-7-1-6(2-8(13)4-7)3-10-14-5-9(15-10)11(16)17/h1-2,4-5H,3H2,(H,14,15)(H,16,17). The number of benzene rings is 1. The van der Waals surface area contributed by atoms with Crippen molar-refractivity contribution in [1.82, 2.24) is 9.97 Å². The van der Waals surface area contributed by atoms with Crippen LogP contribution in [0.1, 0.15) is 21.9 Å². The molecule has 0 saturated heterocycles. The van der Waals surface area contributed by atoms with E-state index in [2.05, 4.69) is 9.97 Å². The van der Waals surface area contributed by atoms with E-state index >= 15 is 0 Å². The number of imidazole rings is 1. The van der Waals surface area contributed by atoms with Gasteiger partial charge in [-0.2, -0.15) is 0 Å². The Morgan fingerprint density at radius 2 is 1.94 bits per heavy atom. The Kier molecular flexibility index (Phi) is 2.86. The monoisotopic (exact) mass is 238 g/mol. The number of nitrogens with zero attached hydrogens (tertiary/aromatic N) is 1. The number of hydrogen-bond acceptors (Lipinski definition) is 2. The van der Waals surface area contributed by atoms with E-state index in [0.717, 1.165) is 12.3 Å². The average Bonchev–Trinajstić information content (AvgIpc) is 2.64. The Morgan fingerprint density at radius 1 is 1.29 bits per heavy atom. The van der Waals surface area contributed by atoms with Gasteiger partial charge >= 0.3 is 5.97 Å². The van der Waals surface area contributed by atoms with Crippen LogP contribution in [0.15, 0.2) is 24.4 Å². The molecule has 2 aromatic rings. The third-order valence-electron chi connectivity index (χ3n) is 2.15. The van der Waals surface area contributed by atoms with Crippen molar-refractivity contribution < 1.29 is 18.7 Å². The number of carboxylic acid groups (broad SMARTS) is 1. The SMILES string of the molecule is O=C(O)c1cnc(Cc2cc(F)cc(F)c2)[nH]1. The van der Waals surface area contributed by atoms with Crippen LogP contribution in [0.5, 0.6) is 0 Å². The quantitative estimate of drug-likeness (QED) is 0.859. The molecule has 0 aliphatic heterocycles. The molecule has 0 amide bonds. The molecule has 6 heteroatoms. The lowest BCUT2D eigenvalue weighted by atomic mass is 10.1. The predicted octanol–water partition coefficient (Wildman–Crippen LogP) is 1.98. The molecule has 0 aliphatic carbocycles. The summed E-state index contributed by atoms with van der Waals surface area (Å²) >= 11 is 0. The fourth-order valence-electron chi connectivity index (χ4n) is 1.47. The molecular formula is C11H8F2N2O2. The van der Waals surface area contributed by atoms with E-state index in [4.69, 9.17) is 5.11 Å². The van der Waals surface area contributed by atoms with Crippen molar-refractivity contribution in [1.29, 1.82) is 0 Å². The van der Waals surface area contributed by atoms with Crippen molar-refractivity contribution in [3.63, 3.8) is 0 Å². The second-order valence-electron chi connectivity index (χ2n) is 3.50. The van der Waals surface area contributed by atoms with Crippen molar-refractivity contribution in [2.45, 2.75) is 6.42 Å². The number of aromatic carboxylic acids is 1. The number of aromatic amines is 1. The third-order valence-corrected chi connectivity index (χ3v) is 2.15. The molecule has 2 N–H and O–H groups in total. The van der Waals surface area contributed by atoms with Crippen LogP contribution in [-0.2, 0) is 6.42 Å². The zero-order valence-electron chi connectivity index (χ0n) is 8.58. The van der Waals surface area contributed by atoms with Gasteiger partial charge in [0.15, 0.2) is 0 Å². The van der Waals surface area contributed by atoms with Crippen LogP contribution < -0.4 is 0 Å². The van der Waals surface area contributed by atoms with Gasteiger partial charge in [-0.25, -0.2) is 18.6 Å². The van der Waals surface area contributed by atoms with E-state index in [9.17, 15) is 13.6 Å². The number of H-pyrrole nitrogens is 1. The highest BCUT2D eigenvalue weighted by Crippen LogP contribution is 2.11. The summed E-state index contributed by atoms with van der Waals surface area (Å²) in [5, 5.41) is 8.66. The van der Waals surface area contributed by atoms with E-state index in [1.807, 2.05) is 0 Å². The van der Waals surface area contributed by atoms with Crippen LogP contribution >= 0.6 is 0 Å². The molecule has 0 bridgehead atoms. The first-order valence-electron chi connectivity index (χ1n) is 4.77. The smallest absolute Gasteiger partial charge is 0.353 e. The highest BCUT2D eigenvalue weighted by atomic mass is 19.1. The van der Waals surface area contributed by atoms with Gasteiger partial charge in [-0.3, -0.25) is 0 Å². The Bertz CT molecular complexity index is 546. The van der Waals surface area contributed by atoms with Crippen LogP contribution in [0.3, 0.4) is 0 Å². The predicted molar refractivity (Wildman–Crippen MR) is 54.7 cm³/mol. The fourth-order valence-corrected chi connectivity index (χ4v) is 1.47. The summed E-state index contributed by atoms with van der Waals surface area (Å²) in [6.07, 6.45) is 1.30. The van der Waals surface area contributed by atoms with Gasteiger partial charge in [0.05, 0.1) is 6.20 Å². The van der Waals surface area contributed by atoms with Crippen LogP contribution in [0.4, 0.5) is 8.78 Å². The van der Waals surface area contributed by atoms with Crippen LogP contribution in [0.2, 0.25) is 0 Å². The molecule has 0 spiro atoms. The van der Waals surface area contributed by atoms with E-state index in [-0.39, 0.29) is 12.1 Å². The third kappa shape index (κ3) is 2.66. The van der Waals surface area contributed by atoms with Gasteiger partial charge in [0.1, 0.15) is 23.2 Å². The molecule has 0 aliphatic rings. The maximum absolute atomic E-state index is 12.9. The van der Waals surface area contributed by atoms with Gasteiger partial charge in [0, 0.05) is 12.5 Å². The Hall–Kier alpha value is -2.24. The largest absolute Gasteiger partial charge is 0.477 e. The fraction of sp³-hybridized carbons (Fsp3) is 0.0909. The minimum atomic E-state index is -1.13. The topological polar surface area (TPSA) is 66.0 Å². The summed E-state index contributed by atoms with van der Waals surface area (Å²) in [5.74, 6) is -2.14. The van der Waals surface area contributed by atoms with E-state index < -0.39 is 17.6 Å². The first kappa shape index (κ1) is 11.3. The van der Waals surface area contributed by atoms with E-state index in [1.165, 1.54) is 12.1 Å². The Morgan fingerprint density at radius 3 is 2.47 bits per heavy atom. The maximum atomic E-state index is 12.9.